The number of hydrogen-bond donors (Lipinski definition) is 1. The molecule has 0 bridgehead atoms. The average molecular weight is 395 g/mol. The zero-order valence-electron chi connectivity index (χ0n) is 13.8. The Bertz CT molecular complexity index is 1040. The van der Waals surface area contributed by atoms with Gasteiger partial charge in [-0.1, -0.05) is 5.16 Å². The molecule has 3 rings (SSSR count). The van der Waals surface area contributed by atoms with Gasteiger partial charge in [0, 0.05) is 18.5 Å². The number of carbonyl (C=O) groups excluding carboxylic acids is 1. The Labute approximate surface area is 153 Å². The van der Waals surface area contributed by atoms with Crippen molar-refractivity contribution in [2.24, 2.45) is 0 Å². The standard InChI is InChI=1S/C16H14FN3O4S2/c1-10-7-15(19-24-10)18-16(21)14-8-13(9-25-14)26(22,23)20(2)12-5-3-11(17)4-6-12/h3-9H,1-2H3,(H,18,19,21). The third kappa shape index (κ3) is 3.60. The van der Waals surface area contributed by atoms with Crippen molar-refractivity contribution >= 4 is 38.8 Å². The zero-order valence-corrected chi connectivity index (χ0v) is 15.4. The highest BCUT2D eigenvalue weighted by atomic mass is 32.2. The van der Waals surface area contributed by atoms with E-state index in [9.17, 15) is 17.6 Å². The van der Waals surface area contributed by atoms with Gasteiger partial charge in [0.05, 0.1) is 15.5 Å². The van der Waals surface area contributed by atoms with Gasteiger partial charge in [-0.15, -0.1) is 11.3 Å². The second-order valence-electron chi connectivity index (χ2n) is 5.37. The highest BCUT2D eigenvalue weighted by Gasteiger charge is 2.24. The van der Waals surface area contributed by atoms with E-state index in [4.69, 9.17) is 4.52 Å². The molecule has 0 saturated carbocycles. The molecular weight excluding hydrogens is 381 g/mol. The Hall–Kier alpha value is -2.72. The van der Waals surface area contributed by atoms with Crippen LogP contribution in [0.25, 0.3) is 0 Å². The molecule has 3 aromatic rings. The fraction of sp³-hybridized carbons (Fsp3) is 0.125. The number of thiophene rings is 1. The molecule has 0 aliphatic heterocycles. The van der Waals surface area contributed by atoms with Crippen molar-refractivity contribution in [3.05, 3.63) is 58.2 Å². The van der Waals surface area contributed by atoms with Crippen molar-refractivity contribution in [3.8, 4) is 0 Å². The van der Waals surface area contributed by atoms with E-state index in [2.05, 4.69) is 10.5 Å². The topological polar surface area (TPSA) is 92.5 Å². The fourth-order valence-electron chi connectivity index (χ4n) is 2.12. The lowest BCUT2D eigenvalue weighted by Crippen LogP contribution is -2.26. The van der Waals surface area contributed by atoms with Crippen LogP contribution in [0.2, 0.25) is 0 Å². The van der Waals surface area contributed by atoms with E-state index in [1.54, 1.807) is 13.0 Å². The van der Waals surface area contributed by atoms with E-state index in [0.29, 0.717) is 11.4 Å². The van der Waals surface area contributed by atoms with Crippen molar-refractivity contribution < 1.29 is 22.1 Å². The molecule has 0 radical (unpaired) electrons. The number of aryl methyl sites for hydroxylation is 1. The van der Waals surface area contributed by atoms with Crippen LogP contribution in [-0.4, -0.2) is 26.5 Å². The van der Waals surface area contributed by atoms with E-state index < -0.39 is 21.7 Å². The van der Waals surface area contributed by atoms with Crippen molar-refractivity contribution in [2.45, 2.75) is 11.8 Å². The molecule has 26 heavy (non-hydrogen) atoms. The molecule has 0 fully saturated rings. The first kappa shape index (κ1) is 18.1. The molecule has 1 amide bonds. The summed E-state index contributed by atoms with van der Waals surface area (Å²) < 4.78 is 44.3. The van der Waals surface area contributed by atoms with Gasteiger partial charge in [0.2, 0.25) is 0 Å². The summed E-state index contributed by atoms with van der Waals surface area (Å²) in [5.41, 5.74) is 0.307. The molecule has 1 N–H and O–H groups in total. The molecule has 136 valence electrons. The van der Waals surface area contributed by atoms with E-state index in [1.807, 2.05) is 0 Å². The maximum atomic E-state index is 13.0. The first-order valence-electron chi connectivity index (χ1n) is 7.35. The van der Waals surface area contributed by atoms with Crippen molar-refractivity contribution in [1.29, 1.82) is 0 Å². The number of nitrogens with zero attached hydrogens (tertiary/aromatic N) is 2. The van der Waals surface area contributed by atoms with Gasteiger partial charge in [-0.3, -0.25) is 9.10 Å². The molecule has 0 saturated heterocycles. The lowest BCUT2D eigenvalue weighted by Gasteiger charge is -2.18. The SMILES string of the molecule is Cc1cc(NC(=O)c2cc(S(=O)(=O)N(C)c3ccc(F)cc3)cs2)no1. The summed E-state index contributed by atoms with van der Waals surface area (Å²) in [7, 11) is -2.52. The Morgan fingerprint density at radius 3 is 2.58 bits per heavy atom. The summed E-state index contributed by atoms with van der Waals surface area (Å²) in [5.74, 6) is -0.171. The Balaban J connectivity index is 1.81. The minimum atomic E-state index is -3.88. The summed E-state index contributed by atoms with van der Waals surface area (Å²) in [6.45, 7) is 1.68. The van der Waals surface area contributed by atoms with Crippen molar-refractivity contribution in [3.63, 3.8) is 0 Å². The number of halogens is 1. The van der Waals surface area contributed by atoms with Gasteiger partial charge in [-0.25, -0.2) is 12.8 Å². The van der Waals surface area contributed by atoms with Crippen LogP contribution in [0.4, 0.5) is 15.9 Å². The number of carbonyl (C=O) groups is 1. The van der Waals surface area contributed by atoms with Crippen LogP contribution in [0, 0.1) is 12.7 Å². The van der Waals surface area contributed by atoms with Gasteiger partial charge < -0.3 is 9.84 Å². The molecule has 2 heterocycles. The number of benzene rings is 1. The van der Waals surface area contributed by atoms with Crippen LogP contribution in [-0.2, 0) is 10.0 Å². The zero-order chi connectivity index (χ0) is 18.9. The van der Waals surface area contributed by atoms with Gasteiger partial charge in [0.1, 0.15) is 11.6 Å². The smallest absolute Gasteiger partial charge is 0.267 e. The second kappa shape index (κ2) is 6.89. The summed E-state index contributed by atoms with van der Waals surface area (Å²) in [6.07, 6.45) is 0. The average Bonchev–Trinajstić information content (AvgIpc) is 3.24. The Morgan fingerprint density at radius 2 is 1.96 bits per heavy atom. The number of sulfonamides is 1. The highest BCUT2D eigenvalue weighted by molar-refractivity contribution is 7.93. The summed E-state index contributed by atoms with van der Waals surface area (Å²) in [6, 6.07) is 7.90. The maximum Gasteiger partial charge on any atom is 0.267 e. The molecule has 0 spiro atoms. The van der Waals surface area contributed by atoms with Crippen molar-refractivity contribution in [1.82, 2.24) is 5.16 Å². The summed E-state index contributed by atoms with van der Waals surface area (Å²) in [4.78, 5) is 12.4. The predicted molar refractivity (Wildman–Crippen MR) is 95.5 cm³/mol. The van der Waals surface area contributed by atoms with Crippen LogP contribution < -0.4 is 9.62 Å². The number of hydrogen-bond acceptors (Lipinski definition) is 6. The number of nitrogens with one attached hydrogen (secondary N) is 1. The predicted octanol–water partition coefficient (Wildman–Crippen LogP) is 3.26. The molecule has 0 aliphatic carbocycles. The van der Waals surface area contributed by atoms with Crippen LogP contribution >= 0.6 is 11.3 Å². The first-order chi connectivity index (χ1) is 12.3. The van der Waals surface area contributed by atoms with Crippen LogP contribution in [0.5, 0.6) is 0 Å². The van der Waals surface area contributed by atoms with Gasteiger partial charge >= 0.3 is 0 Å². The molecule has 0 aliphatic rings. The molecule has 10 heteroatoms. The lowest BCUT2D eigenvalue weighted by molar-refractivity contribution is 0.102. The Kier molecular flexibility index (Phi) is 4.79. The number of amides is 1. The maximum absolute atomic E-state index is 13.0. The largest absolute Gasteiger partial charge is 0.360 e. The van der Waals surface area contributed by atoms with E-state index in [0.717, 1.165) is 15.6 Å². The van der Waals surface area contributed by atoms with Crippen molar-refractivity contribution in [2.75, 3.05) is 16.7 Å². The minimum absolute atomic E-state index is 0.0317. The third-order valence-corrected chi connectivity index (χ3v) is 6.36. The van der Waals surface area contributed by atoms with Crippen LogP contribution in [0.1, 0.15) is 15.4 Å². The molecule has 0 atom stereocenters. The molecule has 7 nitrogen and oxygen atoms in total. The summed E-state index contributed by atoms with van der Waals surface area (Å²) >= 11 is 0.989. The minimum Gasteiger partial charge on any atom is -0.360 e. The number of anilines is 2. The van der Waals surface area contributed by atoms with Gasteiger partial charge in [0.15, 0.2) is 5.82 Å². The van der Waals surface area contributed by atoms with E-state index >= 15 is 0 Å². The number of aromatic nitrogens is 1. The highest BCUT2D eigenvalue weighted by Crippen LogP contribution is 2.26. The number of rotatable bonds is 5. The quantitative estimate of drug-likeness (QED) is 0.716. The van der Waals surface area contributed by atoms with Gasteiger partial charge in [-0.2, -0.15) is 0 Å². The van der Waals surface area contributed by atoms with Gasteiger partial charge in [-0.05, 0) is 37.3 Å². The molecule has 1 aromatic carbocycles. The molecule has 0 unspecified atom stereocenters. The molecule has 2 aromatic heterocycles. The van der Waals surface area contributed by atoms with Gasteiger partial charge in [0.25, 0.3) is 15.9 Å². The van der Waals surface area contributed by atoms with E-state index in [-0.39, 0.29) is 15.6 Å². The Morgan fingerprint density at radius 1 is 1.27 bits per heavy atom. The molecular formula is C16H14FN3O4S2. The van der Waals surface area contributed by atoms with E-state index in [1.165, 1.54) is 42.8 Å². The first-order valence-corrected chi connectivity index (χ1v) is 9.67. The van der Waals surface area contributed by atoms with Crippen LogP contribution in [0.15, 0.2) is 51.2 Å². The summed E-state index contributed by atoms with van der Waals surface area (Å²) in [5, 5.41) is 7.55. The fourth-order valence-corrected chi connectivity index (χ4v) is 4.48. The normalized spacial score (nSPS) is 11.3. The lowest BCUT2D eigenvalue weighted by atomic mass is 10.3. The third-order valence-electron chi connectivity index (χ3n) is 3.52. The monoisotopic (exact) mass is 395 g/mol. The second-order valence-corrected chi connectivity index (χ2v) is 8.25. The van der Waals surface area contributed by atoms with Crippen LogP contribution in [0.3, 0.4) is 0 Å².